The summed E-state index contributed by atoms with van der Waals surface area (Å²) in [7, 11) is 0. The van der Waals surface area contributed by atoms with Crippen LogP contribution in [0.4, 0.5) is 5.69 Å². The van der Waals surface area contributed by atoms with Crippen LogP contribution in [0, 0.1) is 3.57 Å². The number of benzene rings is 1. The van der Waals surface area contributed by atoms with Gasteiger partial charge in [0, 0.05) is 15.9 Å². The lowest BCUT2D eigenvalue weighted by molar-refractivity contribution is -0.0583. The molecule has 1 heterocycles. The predicted octanol–water partition coefficient (Wildman–Crippen LogP) is 3.98. The number of nitrogens with zero attached hydrogens (tertiary/aromatic N) is 2. The smallest absolute Gasteiger partial charge is 0.260 e. The fourth-order valence-corrected chi connectivity index (χ4v) is 2.83. The molecule has 0 aliphatic rings. The first-order chi connectivity index (χ1) is 10.1. The van der Waals surface area contributed by atoms with Crippen molar-refractivity contribution in [2.75, 3.05) is 12.3 Å². The van der Waals surface area contributed by atoms with Crippen molar-refractivity contribution in [2.45, 2.75) is 39.2 Å². The molecule has 6 heteroatoms. The Kier molecular flexibility index (Phi) is 5.21. The summed E-state index contributed by atoms with van der Waals surface area (Å²) in [5, 5.41) is 4.13. The molecule has 0 aliphatic heterocycles. The second-order valence-corrected chi connectivity index (χ2v) is 6.03. The summed E-state index contributed by atoms with van der Waals surface area (Å²) in [6.45, 7) is 6.71. The van der Waals surface area contributed by atoms with Gasteiger partial charge in [-0.05, 0) is 60.6 Å². The van der Waals surface area contributed by atoms with E-state index < -0.39 is 5.60 Å². The van der Waals surface area contributed by atoms with E-state index in [-0.39, 0.29) is 0 Å². The number of anilines is 1. The Hall–Kier alpha value is -1.15. The average molecular weight is 401 g/mol. The van der Waals surface area contributed by atoms with Gasteiger partial charge in [0.25, 0.3) is 5.89 Å². The third kappa shape index (κ3) is 3.21. The number of aromatic nitrogens is 2. The SMILES string of the molecule is CCOC(CC)(CC)c1noc(-c2cc(I)ccc2N)n1. The zero-order chi connectivity index (χ0) is 15.5. The maximum atomic E-state index is 6.00. The Balaban J connectivity index is 2.43. The van der Waals surface area contributed by atoms with E-state index in [2.05, 4.69) is 46.6 Å². The molecule has 0 fully saturated rings. The van der Waals surface area contributed by atoms with Crippen molar-refractivity contribution < 1.29 is 9.26 Å². The Morgan fingerprint density at radius 1 is 1.29 bits per heavy atom. The van der Waals surface area contributed by atoms with Crippen LogP contribution in [-0.4, -0.2) is 16.7 Å². The van der Waals surface area contributed by atoms with Crippen LogP contribution in [0.3, 0.4) is 0 Å². The molecule has 114 valence electrons. The van der Waals surface area contributed by atoms with Crippen molar-refractivity contribution in [3.8, 4) is 11.5 Å². The fourth-order valence-electron chi connectivity index (χ4n) is 2.34. The largest absolute Gasteiger partial charge is 0.398 e. The highest BCUT2D eigenvalue weighted by Gasteiger charge is 2.34. The van der Waals surface area contributed by atoms with E-state index in [4.69, 9.17) is 15.0 Å². The molecule has 0 unspecified atom stereocenters. The molecular formula is C15H20IN3O2. The molecule has 1 aromatic heterocycles. The minimum absolute atomic E-state index is 0.437. The minimum atomic E-state index is -0.493. The molecule has 2 rings (SSSR count). The van der Waals surface area contributed by atoms with Crippen LogP contribution < -0.4 is 5.73 Å². The van der Waals surface area contributed by atoms with Gasteiger partial charge in [0.05, 0.1) is 5.56 Å². The molecule has 2 aromatic rings. The number of hydrogen-bond donors (Lipinski definition) is 1. The molecule has 0 spiro atoms. The van der Waals surface area contributed by atoms with Gasteiger partial charge in [0.2, 0.25) is 5.82 Å². The van der Waals surface area contributed by atoms with E-state index in [9.17, 15) is 0 Å². The van der Waals surface area contributed by atoms with Crippen molar-refractivity contribution >= 4 is 28.3 Å². The highest BCUT2D eigenvalue weighted by molar-refractivity contribution is 14.1. The van der Waals surface area contributed by atoms with Gasteiger partial charge in [-0.3, -0.25) is 0 Å². The number of nitrogens with two attached hydrogens (primary N) is 1. The van der Waals surface area contributed by atoms with E-state index in [1.165, 1.54) is 0 Å². The Morgan fingerprint density at radius 2 is 2.00 bits per heavy atom. The molecule has 0 radical (unpaired) electrons. The molecule has 21 heavy (non-hydrogen) atoms. The van der Waals surface area contributed by atoms with Crippen LogP contribution in [0.2, 0.25) is 0 Å². The Bertz CT molecular complexity index is 609. The summed E-state index contributed by atoms with van der Waals surface area (Å²) in [6.07, 6.45) is 1.58. The quantitative estimate of drug-likeness (QED) is 0.586. The summed E-state index contributed by atoms with van der Waals surface area (Å²) in [4.78, 5) is 4.53. The van der Waals surface area contributed by atoms with Gasteiger partial charge >= 0.3 is 0 Å². The molecule has 2 N–H and O–H groups in total. The summed E-state index contributed by atoms with van der Waals surface area (Å²) < 4.78 is 12.4. The maximum absolute atomic E-state index is 6.00. The molecule has 0 amide bonds. The fraction of sp³-hybridized carbons (Fsp3) is 0.467. The van der Waals surface area contributed by atoms with Crippen molar-refractivity contribution in [1.82, 2.24) is 10.1 Å². The third-order valence-electron chi connectivity index (χ3n) is 3.64. The highest BCUT2D eigenvalue weighted by Crippen LogP contribution is 2.33. The van der Waals surface area contributed by atoms with Crippen LogP contribution in [0.1, 0.15) is 39.4 Å². The van der Waals surface area contributed by atoms with Gasteiger partial charge < -0.3 is 15.0 Å². The first-order valence-corrected chi connectivity index (χ1v) is 8.17. The highest BCUT2D eigenvalue weighted by atomic mass is 127. The van der Waals surface area contributed by atoms with Gasteiger partial charge in [0.15, 0.2) is 0 Å². The molecular weight excluding hydrogens is 381 g/mol. The predicted molar refractivity (Wildman–Crippen MR) is 90.7 cm³/mol. The molecule has 0 atom stereocenters. The monoisotopic (exact) mass is 401 g/mol. The van der Waals surface area contributed by atoms with E-state index in [0.717, 1.165) is 22.0 Å². The number of rotatable bonds is 6. The second-order valence-electron chi connectivity index (χ2n) is 4.79. The average Bonchev–Trinajstić information content (AvgIpc) is 2.97. The molecule has 0 saturated carbocycles. The van der Waals surface area contributed by atoms with Gasteiger partial charge in [-0.2, -0.15) is 4.98 Å². The van der Waals surface area contributed by atoms with Crippen molar-refractivity contribution in [2.24, 2.45) is 0 Å². The van der Waals surface area contributed by atoms with Crippen molar-refractivity contribution in [3.63, 3.8) is 0 Å². The molecule has 5 nitrogen and oxygen atoms in total. The minimum Gasteiger partial charge on any atom is -0.398 e. The van der Waals surface area contributed by atoms with Crippen molar-refractivity contribution in [1.29, 1.82) is 0 Å². The Morgan fingerprint density at radius 3 is 2.62 bits per heavy atom. The van der Waals surface area contributed by atoms with E-state index in [0.29, 0.717) is 24.0 Å². The van der Waals surface area contributed by atoms with E-state index in [1.54, 1.807) is 0 Å². The van der Waals surface area contributed by atoms with Crippen LogP contribution >= 0.6 is 22.6 Å². The van der Waals surface area contributed by atoms with Crippen LogP contribution in [0.25, 0.3) is 11.5 Å². The summed E-state index contributed by atoms with van der Waals surface area (Å²) in [5.41, 5.74) is 6.90. The van der Waals surface area contributed by atoms with Crippen molar-refractivity contribution in [3.05, 3.63) is 27.6 Å². The zero-order valence-electron chi connectivity index (χ0n) is 12.5. The van der Waals surface area contributed by atoms with E-state index >= 15 is 0 Å². The summed E-state index contributed by atoms with van der Waals surface area (Å²) >= 11 is 2.23. The molecule has 0 aliphatic carbocycles. The maximum Gasteiger partial charge on any atom is 0.260 e. The number of hydrogen-bond acceptors (Lipinski definition) is 5. The lowest BCUT2D eigenvalue weighted by atomic mass is 9.96. The lowest BCUT2D eigenvalue weighted by Crippen LogP contribution is -2.29. The van der Waals surface area contributed by atoms with Crippen LogP contribution in [0.5, 0.6) is 0 Å². The number of nitrogen functional groups attached to an aromatic ring is 1. The standard InChI is InChI=1S/C15H20IN3O2/c1-4-15(5-2,20-6-3)14-18-13(21-19-14)11-9-10(16)7-8-12(11)17/h7-9H,4-6,17H2,1-3H3. The number of ether oxygens (including phenoxy) is 1. The summed E-state index contributed by atoms with van der Waals surface area (Å²) in [6, 6.07) is 5.73. The van der Waals surface area contributed by atoms with Crippen LogP contribution in [-0.2, 0) is 10.3 Å². The Labute approximate surface area is 138 Å². The first kappa shape index (κ1) is 16.2. The number of halogens is 1. The second kappa shape index (κ2) is 6.74. The molecule has 0 saturated heterocycles. The molecule has 1 aromatic carbocycles. The van der Waals surface area contributed by atoms with Crippen LogP contribution in [0.15, 0.2) is 22.7 Å². The molecule has 0 bridgehead atoms. The van der Waals surface area contributed by atoms with Gasteiger partial charge in [-0.1, -0.05) is 19.0 Å². The first-order valence-electron chi connectivity index (χ1n) is 7.09. The van der Waals surface area contributed by atoms with Gasteiger partial charge in [0.1, 0.15) is 5.60 Å². The summed E-state index contributed by atoms with van der Waals surface area (Å²) in [5.74, 6) is 1.02. The topological polar surface area (TPSA) is 74.2 Å². The third-order valence-corrected chi connectivity index (χ3v) is 4.31. The normalized spacial score (nSPS) is 11.8. The van der Waals surface area contributed by atoms with E-state index in [1.807, 2.05) is 25.1 Å². The zero-order valence-corrected chi connectivity index (χ0v) is 14.7. The lowest BCUT2D eigenvalue weighted by Gasteiger charge is -2.27. The van der Waals surface area contributed by atoms with Gasteiger partial charge in [-0.25, -0.2) is 0 Å². The van der Waals surface area contributed by atoms with Gasteiger partial charge in [-0.15, -0.1) is 0 Å².